The SMILES string of the molecule is Cc1nnc(NC(=O)CCCOc2ccc(C(C)C)cc2Br)s1. The molecule has 1 aromatic carbocycles. The molecule has 0 unspecified atom stereocenters. The molecule has 0 saturated heterocycles. The summed E-state index contributed by atoms with van der Waals surface area (Å²) < 4.78 is 6.67. The largest absolute Gasteiger partial charge is 0.492 e. The molecule has 0 aliphatic heterocycles. The van der Waals surface area contributed by atoms with Crippen molar-refractivity contribution in [1.82, 2.24) is 10.2 Å². The van der Waals surface area contributed by atoms with Gasteiger partial charge in [0.1, 0.15) is 10.8 Å². The smallest absolute Gasteiger partial charge is 0.226 e. The number of carbonyl (C=O) groups is 1. The van der Waals surface area contributed by atoms with E-state index < -0.39 is 0 Å². The van der Waals surface area contributed by atoms with Crippen molar-refractivity contribution in [2.45, 2.75) is 39.5 Å². The molecule has 0 radical (unpaired) electrons. The molecule has 0 fully saturated rings. The van der Waals surface area contributed by atoms with Gasteiger partial charge in [0.15, 0.2) is 0 Å². The van der Waals surface area contributed by atoms with E-state index in [4.69, 9.17) is 4.74 Å². The minimum Gasteiger partial charge on any atom is -0.492 e. The highest BCUT2D eigenvalue weighted by Crippen LogP contribution is 2.29. The van der Waals surface area contributed by atoms with Gasteiger partial charge in [-0.05, 0) is 52.9 Å². The Labute approximate surface area is 148 Å². The molecule has 0 aliphatic carbocycles. The highest BCUT2D eigenvalue weighted by Gasteiger charge is 2.08. The van der Waals surface area contributed by atoms with Crippen LogP contribution in [-0.2, 0) is 4.79 Å². The zero-order chi connectivity index (χ0) is 16.8. The van der Waals surface area contributed by atoms with Gasteiger partial charge >= 0.3 is 0 Å². The summed E-state index contributed by atoms with van der Waals surface area (Å²) in [7, 11) is 0. The molecule has 1 aromatic heterocycles. The number of halogens is 1. The molecule has 5 nitrogen and oxygen atoms in total. The summed E-state index contributed by atoms with van der Waals surface area (Å²) in [6, 6.07) is 6.10. The van der Waals surface area contributed by atoms with E-state index in [9.17, 15) is 4.79 Å². The predicted molar refractivity (Wildman–Crippen MR) is 96.2 cm³/mol. The summed E-state index contributed by atoms with van der Waals surface area (Å²) in [5.74, 6) is 1.21. The molecule has 1 N–H and O–H groups in total. The molecule has 2 aromatic rings. The van der Waals surface area contributed by atoms with Gasteiger partial charge in [-0.25, -0.2) is 0 Å². The summed E-state index contributed by atoms with van der Waals surface area (Å²) >= 11 is 4.89. The number of amides is 1. The van der Waals surface area contributed by atoms with Crippen LogP contribution in [0.1, 0.15) is 43.2 Å². The molecule has 0 atom stereocenters. The number of rotatable bonds is 7. The quantitative estimate of drug-likeness (QED) is 0.696. The number of aromatic nitrogens is 2. The number of nitrogens with zero attached hydrogens (tertiary/aromatic N) is 2. The number of ether oxygens (including phenoxy) is 1. The van der Waals surface area contributed by atoms with Crippen LogP contribution < -0.4 is 10.1 Å². The first-order valence-corrected chi connectivity index (χ1v) is 9.09. The molecule has 2 rings (SSSR count). The van der Waals surface area contributed by atoms with Crippen molar-refractivity contribution in [2.24, 2.45) is 0 Å². The van der Waals surface area contributed by atoms with Crippen LogP contribution in [0.2, 0.25) is 0 Å². The molecule has 124 valence electrons. The fourth-order valence-electron chi connectivity index (χ4n) is 1.94. The van der Waals surface area contributed by atoms with Gasteiger partial charge in [0.2, 0.25) is 11.0 Å². The molecule has 0 spiro atoms. The van der Waals surface area contributed by atoms with Crippen molar-refractivity contribution in [3.05, 3.63) is 33.2 Å². The maximum Gasteiger partial charge on any atom is 0.226 e. The number of hydrogen-bond donors (Lipinski definition) is 1. The van der Waals surface area contributed by atoms with Crippen LogP contribution in [0, 0.1) is 6.92 Å². The van der Waals surface area contributed by atoms with Gasteiger partial charge in [0, 0.05) is 6.42 Å². The van der Waals surface area contributed by atoms with Crippen LogP contribution in [0.25, 0.3) is 0 Å². The van der Waals surface area contributed by atoms with Crippen molar-refractivity contribution < 1.29 is 9.53 Å². The van der Waals surface area contributed by atoms with Gasteiger partial charge in [-0.15, -0.1) is 10.2 Å². The van der Waals surface area contributed by atoms with E-state index in [2.05, 4.69) is 57.4 Å². The Morgan fingerprint density at radius 1 is 1.39 bits per heavy atom. The summed E-state index contributed by atoms with van der Waals surface area (Å²) in [5, 5.41) is 11.8. The van der Waals surface area contributed by atoms with Crippen LogP contribution in [-0.4, -0.2) is 22.7 Å². The Kier molecular flexibility index (Phi) is 6.53. The van der Waals surface area contributed by atoms with Crippen LogP contribution in [0.5, 0.6) is 5.75 Å². The molecule has 0 saturated carbocycles. The standard InChI is InChI=1S/C16H20BrN3O2S/c1-10(2)12-6-7-14(13(17)9-12)22-8-4-5-15(21)18-16-20-19-11(3)23-16/h6-7,9-10H,4-5,8H2,1-3H3,(H,18,20,21). The highest BCUT2D eigenvalue weighted by molar-refractivity contribution is 9.10. The topological polar surface area (TPSA) is 64.1 Å². The fraction of sp³-hybridized carbons (Fsp3) is 0.438. The van der Waals surface area contributed by atoms with Crippen LogP contribution in [0.15, 0.2) is 22.7 Å². The van der Waals surface area contributed by atoms with E-state index in [0.29, 0.717) is 30.5 Å². The predicted octanol–water partition coefficient (Wildman–Crippen LogP) is 4.53. The summed E-state index contributed by atoms with van der Waals surface area (Å²) in [6.07, 6.45) is 1.03. The molecular weight excluding hydrogens is 378 g/mol. The second kappa shape index (κ2) is 8.40. The third-order valence-electron chi connectivity index (χ3n) is 3.20. The van der Waals surface area contributed by atoms with Crippen molar-refractivity contribution in [3.63, 3.8) is 0 Å². The maximum atomic E-state index is 11.8. The summed E-state index contributed by atoms with van der Waals surface area (Å²) in [5.41, 5.74) is 1.26. The average molecular weight is 398 g/mol. The number of aryl methyl sites for hydroxylation is 1. The Morgan fingerprint density at radius 2 is 2.17 bits per heavy atom. The van der Waals surface area contributed by atoms with Gasteiger partial charge in [0.05, 0.1) is 11.1 Å². The molecule has 0 bridgehead atoms. The van der Waals surface area contributed by atoms with Gasteiger partial charge in [-0.2, -0.15) is 0 Å². The van der Waals surface area contributed by atoms with Crippen molar-refractivity contribution in [3.8, 4) is 5.75 Å². The van der Waals surface area contributed by atoms with Gasteiger partial charge in [-0.1, -0.05) is 31.3 Å². The molecular formula is C16H20BrN3O2S. The molecule has 7 heteroatoms. The summed E-state index contributed by atoms with van der Waals surface area (Å²) in [6.45, 7) is 6.65. The van der Waals surface area contributed by atoms with E-state index >= 15 is 0 Å². The third kappa shape index (κ3) is 5.58. The maximum absolute atomic E-state index is 11.8. The van der Waals surface area contributed by atoms with E-state index in [1.807, 2.05) is 13.0 Å². The van der Waals surface area contributed by atoms with Crippen LogP contribution >= 0.6 is 27.3 Å². The second-order valence-corrected chi connectivity index (χ2v) is 7.51. The van der Waals surface area contributed by atoms with Gasteiger partial charge in [-0.3, -0.25) is 4.79 Å². The number of anilines is 1. The molecule has 1 amide bonds. The van der Waals surface area contributed by atoms with Crippen molar-refractivity contribution in [1.29, 1.82) is 0 Å². The summed E-state index contributed by atoms with van der Waals surface area (Å²) in [4.78, 5) is 11.8. The molecule has 23 heavy (non-hydrogen) atoms. The van der Waals surface area contributed by atoms with Crippen LogP contribution in [0.4, 0.5) is 5.13 Å². The van der Waals surface area contributed by atoms with E-state index in [0.717, 1.165) is 15.2 Å². The first-order valence-electron chi connectivity index (χ1n) is 7.48. The molecule has 1 heterocycles. The fourth-order valence-corrected chi connectivity index (χ4v) is 3.06. The van der Waals surface area contributed by atoms with Crippen LogP contribution in [0.3, 0.4) is 0 Å². The minimum atomic E-state index is -0.0704. The monoisotopic (exact) mass is 397 g/mol. The number of nitrogens with one attached hydrogen (secondary N) is 1. The average Bonchev–Trinajstić information content (AvgIpc) is 2.89. The number of carbonyl (C=O) groups excluding carboxylic acids is 1. The lowest BCUT2D eigenvalue weighted by molar-refractivity contribution is -0.116. The zero-order valence-corrected chi connectivity index (χ0v) is 15.8. The third-order valence-corrected chi connectivity index (χ3v) is 4.57. The Hall–Kier alpha value is -1.47. The van der Waals surface area contributed by atoms with Crippen molar-refractivity contribution >= 4 is 38.3 Å². The molecule has 0 aliphatic rings. The van der Waals surface area contributed by atoms with E-state index in [-0.39, 0.29) is 5.91 Å². The minimum absolute atomic E-state index is 0.0704. The van der Waals surface area contributed by atoms with Gasteiger partial charge < -0.3 is 10.1 Å². The van der Waals surface area contributed by atoms with Gasteiger partial charge in [0.25, 0.3) is 0 Å². The van der Waals surface area contributed by atoms with Crippen molar-refractivity contribution in [2.75, 3.05) is 11.9 Å². The Morgan fingerprint density at radius 3 is 2.78 bits per heavy atom. The highest BCUT2D eigenvalue weighted by atomic mass is 79.9. The Balaban J connectivity index is 1.73. The normalized spacial score (nSPS) is 10.8. The first kappa shape index (κ1) is 17.9. The zero-order valence-electron chi connectivity index (χ0n) is 13.4. The first-order chi connectivity index (χ1) is 11.0. The lowest BCUT2D eigenvalue weighted by Gasteiger charge is -2.11. The lowest BCUT2D eigenvalue weighted by atomic mass is 10.0. The Bertz CT molecular complexity index is 673. The van der Waals surface area contributed by atoms with E-state index in [1.54, 1.807) is 0 Å². The number of benzene rings is 1. The van der Waals surface area contributed by atoms with E-state index in [1.165, 1.54) is 16.9 Å². The second-order valence-electron chi connectivity index (χ2n) is 5.47. The number of hydrogen-bond acceptors (Lipinski definition) is 5. The lowest BCUT2D eigenvalue weighted by Crippen LogP contribution is -2.12.